The maximum absolute atomic E-state index is 13.7. The van der Waals surface area contributed by atoms with Crippen LogP contribution in [-0.2, 0) is 0 Å². The van der Waals surface area contributed by atoms with Gasteiger partial charge in [-0.25, -0.2) is 13.6 Å². The summed E-state index contributed by atoms with van der Waals surface area (Å²) in [5, 5.41) is 9.25. The second-order valence-electron chi connectivity index (χ2n) is 5.19. The van der Waals surface area contributed by atoms with E-state index >= 15 is 0 Å². The smallest absolute Gasteiger partial charge is 0.408 e. The highest BCUT2D eigenvalue weighted by atomic mass is 19.1. The van der Waals surface area contributed by atoms with Crippen LogP contribution in [-0.4, -0.2) is 21.6 Å². The Morgan fingerprint density at radius 2 is 2.11 bits per heavy atom. The molecule has 0 aliphatic carbocycles. The fourth-order valence-electron chi connectivity index (χ4n) is 2.62. The van der Waals surface area contributed by atoms with E-state index in [1.54, 1.807) is 13.8 Å². The lowest BCUT2D eigenvalue weighted by Gasteiger charge is -2.33. The van der Waals surface area contributed by atoms with Crippen LogP contribution in [0.5, 0.6) is 0 Å². The van der Waals surface area contributed by atoms with Gasteiger partial charge in [0.15, 0.2) is 0 Å². The monoisotopic (exact) mass is 255 g/mol. The summed E-state index contributed by atoms with van der Waals surface area (Å²) in [6, 6.07) is 2.53. The van der Waals surface area contributed by atoms with E-state index in [0.717, 1.165) is 18.2 Å². The molecule has 3 nitrogen and oxygen atoms in total. The molecular weight excluding hydrogens is 240 g/mol. The van der Waals surface area contributed by atoms with Gasteiger partial charge < -0.3 is 5.11 Å². The first-order valence-electron chi connectivity index (χ1n) is 5.80. The van der Waals surface area contributed by atoms with Gasteiger partial charge in [-0.2, -0.15) is 0 Å². The van der Waals surface area contributed by atoms with Crippen LogP contribution in [0.1, 0.15) is 38.3 Å². The van der Waals surface area contributed by atoms with Crippen LogP contribution in [0.4, 0.5) is 13.6 Å². The molecule has 0 bridgehead atoms. The third-order valence-corrected chi connectivity index (χ3v) is 3.52. The molecule has 1 aromatic rings. The molecule has 0 radical (unpaired) electrons. The number of amides is 1. The molecule has 0 spiro atoms. The SMILES string of the molecule is CC1(C)CCC(c2cc(F)ccc2F)N1C(=O)O. The van der Waals surface area contributed by atoms with Crippen molar-refractivity contribution in [3.8, 4) is 0 Å². The average Bonchev–Trinajstić information content (AvgIpc) is 2.57. The van der Waals surface area contributed by atoms with Crippen molar-refractivity contribution in [2.75, 3.05) is 0 Å². The summed E-state index contributed by atoms with van der Waals surface area (Å²) in [5.41, 5.74) is -0.446. The number of hydrogen-bond acceptors (Lipinski definition) is 1. The van der Waals surface area contributed by atoms with Crippen LogP contribution in [0.15, 0.2) is 18.2 Å². The standard InChI is InChI=1S/C13H15F2NO2/c1-13(2)6-5-11(16(13)12(17)18)9-7-8(14)3-4-10(9)15/h3-4,7,11H,5-6H2,1-2H3,(H,17,18). The summed E-state index contributed by atoms with van der Waals surface area (Å²) >= 11 is 0. The summed E-state index contributed by atoms with van der Waals surface area (Å²) in [4.78, 5) is 12.5. The van der Waals surface area contributed by atoms with Crippen molar-refractivity contribution in [1.29, 1.82) is 0 Å². The first kappa shape index (κ1) is 12.8. The van der Waals surface area contributed by atoms with Gasteiger partial charge in [0, 0.05) is 11.1 Å². The fraction of sp³-hybridized carbons (Fsp3) is 0.462. The first-order chi connectivity index (χ1) is 8.33. The van der Waals surface area contributed by atoms with Crippen LogP contribution >= 0.6 is 0 Å². The third-order valence-electron chi connectivity index (χ3n) is 3.52. The second-order valence-corrected chi connectivity index (χ2v) is 5.19. The highest BCUT2D eigenvalue weighted by Gasteiger charge is 2.44. The Hall–Kier alpha value is -1.65. The van der Waals surface area contributed by atoms with Crippen LogP contribution in [0, 0.1) is 11.6 Å². The number of benzene rings is 1. The Balaban J connectivity index is 2.44. The minimum Gasteiger partial charge on any atom is -0.465 e. The lowest BCUT2D eigenvalue weighted by molar-refractivity contribution is 0.0950. The molecule has 1 atom stereocenters. The van der Waals surface area contributed by atoms with E-state index in [-0.39, 0.29) is 5.56 Å². The predicted octanol–water partition coefficient (Wildman–Crippen LogP) is 3.56. The van der Waals surface area contributed by atoms with E-state index < -0.39 is 29.3 Å². The van der Waals surface area contributed by atoms with Crippen molar-refractivity contribution in [2.24, 2.45) is 0 Å². The number of likely N-dealkylation sites (tertiary alicyclic amines) is 1. The van der Waals surface area contributed by atoms with Gasteiger partial charge in [-0.1, -0.05) is 0 Å². The Bertz CT molecular complexity index is 488. The third kappa shape index (κ3) is 2.05. The van der Waals surface area contributed by atoms with Crippen LogP contribution in [0.2, 0.25) is 0 Å². The number of rotatable bonds is 1. The second kappa shape index (κ2) is 4.23. The fourth-order valence-corrected chi connectivity index (χ4v) is 2.62. The molecular formula is C13H15F2NO2. The lowest BCUT2D eigenvalue weighted by atomic mass is 10.0. The van der Waals surface area contributed by atoms with Gasteiger partial charge >= 0.3 is 6.09 Å². The van der Waals surface area contributed by atoms with E-state index in [9.17, 15) is 18.7 Å². The quantitative estimate of drug-likeness (QED) is 0.833. The van der Waals surface area contributed by atoms with Gasteiger partial charge in [-0.3, -0.25) is 4.90 Å². The number of carbonyl (C=O) groups is 1. The van der Waals surface area contributed by atoms with Crippen molar-refractivity contribution < 1.29 is 18.7 Å². The number of hydrogen-bond donors (Lipinski definition) is 1. The van der Waals surface area contributed by atoms with Crippen LogP contribution in [0.25, 0.3) is 0 Å². The summed E-state index contributed by atoms with van der Waals surface area (Å²) < 4.78 is 26.9. The maximum atomic E-state index is 13.7. The molecule has 98 valence electrons. The molecule has 1 N–H and O–H groups in total. The van der Waals surface area contributed by atoms with Crippen molar-refractivity contribution >= 4 is 6.09 Å². The highest BCUT2D eigenvalue weighted by Crippen LogP contribution is 2.43. The lowest BCUT2D eigenvalue weighted by Crippen LogP contribution is -2.43. The molecule has 0 saturated carbocycles. The topological polar surface area (TPSA) is 40.5 Å². The molecule has 1 unspecified atom stereocenters. The largest absolute Gasteiger partial charge is 0.465 e. The zero-order valence-corrected chi connectivity index (χ0v) is 10.3. The molecule has 0 aromatic heterocycles. The zero-order chi connectivity index (χ0) is 13.5. The normalized spacial score (nSPS) is 22.2. The van der Waals surface area contributed by atoms with E-state index in [0.29, 0.717) is 12.8 Å². The van der Waals surface area contributed by atoms with Crippen LogP contribution in [0.3, 0.4) is 0 Å². The van der Waals surface area contributed by atoms with E-state index in [1.807, 2.05) is 0 Å². The predicted molar refractivity (Wildman–Crippen MR) is 62.3 cm³/mol. The summed E-state index contributed by atoms with van der Waals surface area (Å²) in [6.45, 7) is 3.58. The molecule has 1 aliphatic rings. The van der Waals surface area contributed by atoms with Crippen molar-refractivity contribution in [2.45, 2.75) is 38.3 Å². The Kier molecular flexibility index (Phi) is 3.00. The molecule has 1 aromatic carbocycles. The highest BCUT2D eigenvalue weighted by molar-refractivity contribution is 5.67. The van der Waals surface area contributed by atoms with Crippen LogP contribution < -0.4 is 0 Å². The molecule has 5 heteroatoms. The Labute approximate surface area is 104 Å². The van der Waals surface area contributed by atoms with Gasteiger partial charge in [0.2, 0.25) is 0 Å². The van der Waals surface area contributed by atoms with Gasteiger partial charge in [0.05, 0.1) is 6.04 Å². The number of carboxylic acid groups (broad SMARTS) is 1. The first-order valence-corrected chi connectivity index (χ1v) is 5.80. The minimum absolute atomic E-state index is 0.114. The molecule has 1 aliphatic heterocycles. The molecule has 1 saturated heterocycles. The van der Waals surface area contributed by atoms with Gasteiger partial charge in [-0.05, 0) is 44.9 Å². The van der Waals surface area contributed by atoms with Crippen molar-refractivity contribution in [3.63, 3.8) is 0 Å². The minimum atomic E-state index is -1.11. The Morgan fingerprint density at radius 1 is 1.44 bits per heavy atom. The number of nitrogens with zero attached hydrogens (tertiary/aromatic N) is 1. The van der Waals surface area contributed by atoms with Crippen molar-refractivity contribution in [3.05, 3.63) is 35.4 Å². The summed E-state index contributed by atoms with van der Waals surface area (Å²) in [5.74, 6) is -1.12. The molecule has 2 rings (SSSR count). The Morgan fingerprint density at radius 3 is 2.72 bits per heavy atom. The molecule has 1 amide bonds. The molecule has 1 heterocycles. The van der Waals surface area contributed by atoms with E-state index in [2.05, 4.69) is 0 Å². The van der Waals surface area contributed by atoms with Gasteiger partial charge in [-0.15, -0.1) is 0 Å². The summed E-state index contributed by atoms with van der Waals surface area (Å²) in [6.07, 6.45) is 0.0192. The van der Waals surface area contributed by atoms with Gasteiger partial charge in [0.25, 0.3) is 0 Å². The zero-order valence-electron chi connectivity index (χ0n) is 10.3. The maximum Gasteiger partial charge on any atom is 0.408 e. The van der Waals surface area contributed by atoms with E-state index in [4.69, 9.17) is 0 Å². The van der Waals surface area contributed by atoms with E-state index in [1.165, 1.54) is 4.90 Å². The molecule has 18 heavy (non-hydrogen) atoms. The average molecular weight is 255 g/mol. The van der Waals surface area contributed by atoms with Crippen molar-refractivity contribution in [1.82, 2.24) is 4.90 Å². The molecule has 1 fully saturated rings. The summed E-state index contributed by atoms with van der Waals surface area (Å²) in [7, 11) is 0. The number of halogens is 2. The van der Waals surface area contributed by atoms with Gasteiger partial charge in [0.1, 0.15) is 11.6 Å².